The van der Waals surface area contributed by atoms with Gasteiger partial charge in [-0.05, 0) is 62.6 Å². The molecule has 0 saturated heterocycles. The van der Waals surface area contributed by atoms with Crippen molar-refractivity contribution in [3.8, 4) is 23.0 Å². The monoisotopic (exact) mass is 634 g/mol. The molecule has 2 aliphatic rings. The minimum absolute atomic E-state index is 0.238. The Bertz CT molecular complexity index is 1560. The Morgan fingerprint density at radius 3 is 1.34 bits per heavy atom. The van der Waals surface area contributed by atoms with Gasteiger partial charge in [0.25, 0.3) is 0 Å². The number of para-hydroxylation sites is 2. The Morgan fingerprint density at radius 1 is 0.614 bits per heavy atom. The van der Waals surface area contributed by atoms with Gasteiger partial charge in [0, 0.05) is 57.2 Å². The fourth-order valence-corrected chi connectivity index (χ4v) is 6.37. The first kappa shape index (κ1) is 31.3. The van der Waals surface area contributed by atoms with Gasteiger partial charge in [0.1, 0.15) is 23.0 Å². The molecule has 0 bridgehead atoms. The van der Waals surface area contributed by atoms with Crippen LogP contribution >= 0.6 is 23.2 Å². The third-order valence-electron chi connectivity index (χ3n) is 7.88. The highest BCUT2D eigenvalue weighted by molar-refractivity contribution is 6.31. The number of carboxylic acid groups (broad SMARTS) is 2. The Balaban J connectivity index is 0.000000175. The lowest BCUT2D eigenvalue weighted by Crippen LogP contribution is -2.27. The SMILES string of the molecule is CNC[C@@H]1c2ccccc2Oc2ccc(Cl)cc2[C@H]1C(=O)O.CNC[C@H]1c2ccccc2Oc2ccc(Cl)cc2[C@@H]1C(=O)O. The predicted molar refractivity (Wildman–Crippen MR) is 170 cm³/mol. The molecule has 0 aliphatic carbocycles. The van der Waals surface area contributed by atoms with Gasteiger partial charge in [-0.25, -0.2) is 0 Å². The molecule has 0 saturated carbocycles. The molecule has 4 aromatic carbocycles. The van der Waals surface area contributed by atoms with Crippen LogP contribution in [0.3, 0.4) is 0 Å². The van der Waals surface area contributed by atoms with Gasteiger partial charge in [0.05, 0.1) is 11.8 Å². The number of benzene rings is 4. The molecule has 2 aliphatic heterocycles. The summed E-state index contributed by atoms with van der Waals surface area (Å²) in [6, 6.07) is 25.4. The summed E-state index contributed by atoms with van der Waals surface area (Å²) in [6.07, 6.45) is 0. The lowest BCUT2D eigenvalue weighted by molar-refractivity contribution is -0.140. The molecule has 0 amide bonds. The van der Waals surface area contributed by atoms with Crippen molar-refractivity contribution < 1.29 is 29.3 Å². The maximum Gasteiger partial charge on any atom is 0.311 e. The summed E-state index contributed by atoms with van der Waals surface area (Å²) in [5.74, 6) is -1.21. The zero-order valence-corrected chi connectivity index (χ0v) is 25.6. The van der Waals surface area contributed by atoms with Gasteiger partial charge >= 0.3 is 11.9 Å². The number of nitrogens with one attached hydrogen (secondary N) is 2. The number of fused-ring (bicyclic) bond motifs is 4. The van der Waals surface area contributed by atoms with Crippen molar-refractivity contribution in [2.75, 3.05) is 27.2 Å². The van der Waals surface area contributed by atoms with Gasteiger partial charge < -0.3 is 30.3 Å². The second kappa shape index (κ2) is 13.7. The summed E-state index contributed by atoms with van der Waals surface area (Å²) in [5, 5.41) is 26.8. The Hall–Kier alpha value is -4.08. The van der Waals surface area contributed by atoms with Crippen LogP contribution in [0.15, 0.2) is 84.9 Å². The van der Waals surface area contributed by atoms with E-state index in [4.69, 9.17) is 32.7 Å². The highest BCUT2D eigenvalue weighted by Crippen LogP contribution is 2.48. The number of carboxylic acids is 2. The topological polar surface area (TPSA) is 117 Å². The Labute approximate surface area is 265 Å². The van der Waals surface area contributed by atoms with Crippen LogP contribution in [-0.2, 0) is 9.59 Å². The van der Waals surface area contributed by atoms with Gasteiger partial charge in [0.15, 0.2) is 0 Å². The molecule has 0 spiro atoms. The van der Waals surface area contributed by atoms with Crippen molar-refractivity contribution in [3.63, 3.8) is 0 Å². The molecule has 0 unspecified atom stereocenters. The Morgan fingerprint density at radius 2 is 0.977 bits per heavy atom. The van der Waals surface area contributed by atoms with Gasteiger partial charge in [-0.1, -0.05) is 59.6 Å². The van der Waals surface area contributed by atoms with Crippen molar-refractivity contribution in [2.24, 2.45) is 0 Å². The zero-order chi connectivity index (χ0) is 31.4. The van der Waals surface area contributed by atoms with Gasteiger partial charge in [0.2, 0.25) is 0 Å². The third-order valence-corrected chi connectivity index (χ3v) is 8.35. The van der Waals surface area contributed by atoms with Crippen molar-refractivity contribution in [2.45, 2.75) is 23.7 Å². The van der Waals surface area contributed by atoms with Gasteiger partial charge in [-0.15, -0.1) is 0 Å². The summed E-state index contributed by atoms with van der Waals surface area (Å²) in [5.41, 5.74) is 2.99. The number of halogens is 2. The highest BCUT2D eigenvalue weighted by atomic mass is 35.5. The molecule has 6 rings (SSSR count). The predicted octanol–water partition coefficient (Wildman–Crippen LogP) is 7.23. The van der Waals surface area contributed by atoms with Crippen LogP contribution in [0.5, 0.6) is 23.0 Å². The van der Waals surface area contributed by atoms with Crippen LogP contribution in [0.1, 0.15) is 45.9 Å². The minimum atomic E-state index is -0.885. The lowest BCUT2D eigenvalue weighted by Gasteiger charge is -2.23. The van der Waals surface area contributed by atoms with E-state index in [0.717, 1.165) is 11.1 Å². The van der Waals surface area contributed by atoms with Crippen LogP contribution in [0.4, 0.5) is 0 Å². The van der Waals surface area contributed by atoms with Crippen molar-refractivity contribution in [3.05, 3.63) is 117 Å². The molecular formula is C34H32Cl2N2O6. The maximum atomic E-state index is 11.9. The number of carbonyl (C=O) groups is 2. The van der Waals surface area contributed by atoms with Crippen molar-refractivity contribution in [1.29, 1.82) is 0 Å². The average Bonchev–Trinajstić information content (AvgIpc) is 3.22. The largest absolute Gasteiger partial charge is 0.481 e. The summed E-state index contributed by atoms with van der Waals surface area (Å²) >= 11 is 12.1. The van der Waals surface area contributed by atoms with E-state index in [1.807, 2.05) is 62.6 Å². The van der Waals surface area contributed by atoms with E-state index in [9.17, 15) is 19.8 Å². The van der Waals surface area contributed by atoms with Crippen LogP contribution in [0.25, 0.3) is 0 Å². The zero-order valence-electron chi connectivity index (χ0n) is 24.1. The van der Waals surface area contributed by atoms with Gasteiger partial charge in [-0.3, -0.25) is 9.59 Å². The summed E-state index contributed by atoms with van der Waals surface area (Å²) in [7, 11) is 3.62. The highest BCUT2D eigenvalue weighted by Gasteiger charge is 2.38. The molecule has 0 aromatic heterocycles. The summed E-state index contributed by atoms with van der Waals surface area (Å²) in [4.78, 5) is 23.9. The fraction of sp³-hybridized carbons (Fsp3) is 0.235. The van der Waals surface area contributed by atoms with E-state index >= 15 is 0 Å². The number of ether oxygens (including phenoxy) is 2. The lowest BCUT2D eigenvalue weighted by atomic mass is 9.81. The molecule has 2 heterocycles. The maximum absolute atomic E-state index is 11.9. The fourth-order valence-electron chi connectivity index (χ4n) is 6.01. The summed E-state index contributed by atoms with van der Waals surface area (Å²) < 4.78 is 11.9. The summed E-state index contributed by atoms with van der Waals surface area (Å²) in [6.45, 7) is 1.06. The second-order valence-corrected chi connectivity index (χ2v) is 11.5. The first-order valence-corrected chi connectivity index (χ1v) is 14.9. The number of hydrogen-bond acceptors (Lipinski definition) is 6. The normalized spacial score (nSPS) is 19.5. The standard InChI is InChI=1S/2C17H16ClNO3/c2*1-19-9-13-11-4-2-3-5-14(11)22-15-7-6-10(18)8-12(15)16(13)17(20)21/h2*2-8,13,16,19H,9H2,1H3,(H,20,21)/t2*13-,16-/m10/s1. The molecule has 228 valence electrons. The second-order valence-electron chi connectivity index (χ2n) is 10.6. The molecular weight excluding hydrogens is 603 g/mol. The molecule has 4 aromatic rings. The van der Waals surface area contributed by atoms with E-state index in [1.165, 1.54) is 0 Å². The molecule has 4 atom stereocenters. The van der Waals surface area contributed by atoms with E-state index in [0.29, 0.717) is 57.3 Å². The molecule has 8 nitrogen and oxygen atoms in total. The Kier molecular flexibility index (Phi) is 9.76. The van der Waals surface area contributed by atoms with E-state index < -0.39 is 23.8 Å². The third kappa shape index (κ3) is 6.39. The number of aliphatic carboxylic acids is 2. The number of likely N-dealkylation sites (N-methyl/N-ethyl adjacent to an activating group) is 2. The number of hydrogen-bond donors (Lipinski definition) is 4. The van der Waals surface area contributed by atoms with Crippen molar-refractivity contribution in [1.82, 2.24) is 10.6 Å². The molecule has 10 heteroatoms. The van der Waals surface area contributed by atoms with Crippen LogP contribution < -0.4 is 20.1 Å². The van der Waals surface area contributed by atoms with Crippen LogP contribution in [0.2, 0.25) is 10.0 Å². The van der Waals surface area contributed by atoms with Gasteiger partial charge in [-0.2, -0.15) is 0 Å². The molecule has 44 heavy (non-hydrogen) atoms. The first-order chi connectivity index (χ1) is 21.2. The molecule has 4 N–H and O–H groups in total. The smallest absolute Gasteiger partial charge is 0.311 e. The van der Waals surface area contributed by atoms with E-state index in [-0.39, 0.29) is 11.8 Å². The van der Waals surface area contributed by atoms with E-state index in [2.05, 4.69) is 10.6 Å². The van der Waals surface area contributed by atoms with Crippen molar-refractivity contribution >= 4 is 35.1 Å². The minimum Gasteiger partial charge on any atom is -0.481 e. The van der Waals surface area contributed by atoms with E-state index in [1.54, 1.807) is 36.4 Å². The van der Waals surface area contributed by atoms with Crippen LogP contribution in [-0.4, -0.2) is 49.3 Å². The molecule has 0 radical (unpaired) electrons. The average molecular weight is 636 g/mol. The van der Waals surface area contributed by atoms with Crippen LogP contribution in [0, 0.1) is 0 Å². The number of rotatable bonds is 6. The quantitative estimate of drug-likeness (QED) is 0.175. The molecule has 0 fully saturated rings. The first-order valence-electron chi connectivity index (χ1n) is 14.1.